The zero-order valence-electron chi connectivity index (χ0n) is 12.4. The number of carbonyl (C=O) groups is 2. The van der Waals surface area contributed by atoms with Gasteiger partial charge in [-0.1, -0.05) is 40.6 Å². The number of benzene rings is 1. The van der Waals surface area contributed by atoms with Gasteiger partial charge >= 0.3 is 5.97 Å². The lowest BCUT2D eigenvalue weighted by Crippen LogP contribution is -2.22. The number of fused-ring (bicyclic) bond motifs is 1. The van der Waals surface area contributed by atoms with Crippen LogP contribution in [0.25, 0.3) is 10.2 Å². The van der Waals surface area contributed by atoms with Crippen LogP contribution >= 0.6 is 27.3 Å². The van der Waals surface area contributed by atoms with E-state index in [1.807, 2.05) is 6.92 Å². The summed E-state index contributed by atoms with van der Waals surface area (Å²) in [5, 5.41) is 3.32. The largest absolute Gasteiger partial charge is 0.462 e. The van der Waals surface area contributed by atoms with Gasteiger partial charge in [0.25, 0.3) is 0 Å². The van der Waals surface area contributed by atoms with Crippen molar-refractivity contribution in [2.24, 2.45) is 0 Å². The van der Waals surface area contributed by atoms with Gasteiger partial charge in [-0.15, -0.1) is 0 Å². The Labute approximate surface area is 141 Å². The molecule has 1 amide bonds. The topological polar surface area (TPSA) is 68.3 Å². The lowest BCUT2D eigenvalue weighted by molar-refractivity contribution is -0.115. The molecule has 1 atom stereocenters. The minimum Gasteiger partial charge on any atom is -0.462 e. The second-order valence-corrected chi connectivity index (χ2v) is 6.80. The summed E-state index contributed by atoms with van der Waals surface area (Å²) in [5.41, 5.74) is 1.23. The Balaban J connectivity index is 2.16. The van der Waals surface area contributed by atoms with E-state index in [9.17, 15) is 9.59 Å². The van der Waals surface area contributed by atoms with Gasteiger partial charge in [0.15, 0.2) is 5.13 Å². The van der Waals surface area contributed by atoms with Crippen molar-refractivity contribution in [3.8, 4) is 0 Å². The van der Waals surface area contributed by atoms with Gasteiger partial charge in [-0.05, 0) is 31.5 Å². The van der Waals surface area contributed by atoms with Gasteiger partial charge in [-0.25, -0.2) is 9.78 Å². The number of amides is 1. The van der Waals surface area contributed by atoms with E-state index in [1.165, 1.54) is 11.3 Å². The van der Waals surface area contributed by atoms with Crippen LogP contribution in [0.2, 0.25) is 0 Å². The summed E-state index contributed by atoms with van der Waals surface area (Å²) >= 11 is 4.70. The van der Waals surface area contributed by atoms with E-state index in [0.717, 1.165) is 23.1 Å². The summed E-state index contributed by atoms with van der Waals surface area (Å²) in [7, 11) is 0. The first-order valence-corrected chi connectivity index (χ1v) is 8.81. The molecule has 2 aromatic rings. The number of ether oxygens (including phenoxy) is 1. The molecule has 7 heteroatoms. The Morgan fingerprint density at radius 1 is 1.41 bits per heavy atom. The molecule has 0 saturated heterocycles. The first-order chi connectivity index (χ1) is 10.5. The number of thiazole rings is 1. The fourth-order valence-corrected chi connectivity index (χ4v) is 3.37. The molecule has 1 aromatic carbocycles. The molecule has 0 saturated carbocycles. The molecule has 22 heavy (non-hydrogen) atoms. The van der Waals surface area contributed by atoms with Crippen LogP contribution in [0.4, 0.5) is 5.13 Å². The minimum absolute atomic E-state index is 0.105. The number of nitrogens with one attached hydrogen (secondary N) is 1. The third kappa shape index (κ3) is 4.04. The van der Waals surface area contributed by atoms with Crippen LogP contribution in [-0.2, 0) is 9.53 Å². The van der Waals surface area contributed by atoms with E-state index in [4.69, 9.17) is 4.74 Å². The van der Waals surface area contributed by atoms with Crippen LogP contribution in [0, 0.1) is 0 Å². The quantitative estimate of drug-likeness (QED) is 0.604. The van der Waals surface area contributed by atoms with Crippen LogP contribution in [0.1, 0.15) is 37.0 Å². The van der Waals surface area contributed by atoms with Crippen molar-refractivity contribution in [2.45, 2.75) is 31.5 Å². The SMILES string of the molecule is CCC[C@@H](Br)C(=O)Nc1nc2ccc(C(=O)OCC)cc2s1. The van der Waals surface area contributed by atoms with Crippen molar-refractivity contribution < 1.29 is 14.3 Å². The summed E-state index contributed by atoms with van der Waals surface area (Å²) in [6.07, 6.45) is 1.69. The zero-order valence-corrected chi connectivity index (χ0v) is 14.8. The Kier molecular flexibility index (Phi) is 5.90. The van der Waals surface area contributed by atoms with E-state index in [1.54, 1.807) is 25.1 Å². The van der Waals surface area contributed by atoms with Gasteiger partial charge in [-0.2, -0.15) is 0 Å². The number of hydrogen-bond acceptors (Lipinski definition) is 5. The van der Waals surface area contributed by atoms with Gasteiger partial charge in [0.1, 0.15) is 0 Å². The number of anilines is 1. The smallest absolute Gasteiger partial charge is 0.338 e. The maximum atomic E-state index is 12.0. The van der Waals surface area contributed by atoms with Crippen LogP contribution in [0.3, 0.4) is 0 Å². The van der Waals surface area contributed by atoms with Crippen LogP contribution in [-0.4, -0.2) is 28.3 Å². The van der Waals surface area contributed by atoms with E-state index in [0.29, 0.717) is 17.3 Å². The third-order valence-electron chi connectivity index (χ3n) is 2.96. The Hall–Kier alpha value is -1.47. The van der Waals surface area contributed by atoms with Gasteiger partial charge < -0.3 is 10.1 Å². The number of aromatic nitrogens is 1. The number of rotatable bonds is 6. The molecule has 0 spiro atoms. The van der Waals surface area contributed by atoms with E-state index in [-0.39, 0.29) is 16.7 Å². The molecule has 5 nitrogen and oxygen atoms in total. The van der Waals surface area contributed by atoms with Gasteiger partial charge in [-0.3, -0.25) is 4.79 Å². The summed E-state index contributed by atoms with van der Waals surface area (Å²) in [4.78, 5) is 27.8. The molecular weight excluding hydrogens is 368 g/mol. The monoisotopic (exact) mass is 384 g/mol. The Morgan fingerprint density at radius 3 is 2.86 bits per heavy atom. The van der Waals surface area contributed by atoms with Crippen molar-refractivity contribution in [1.29, 1.82) is 0 Å². The average molecular weight is 385 g/mol. The van der Waals surface area contributed by atoms with Crippen LogP contribution in [0.15, 0.2) is 18.2 Å². The summed E-state index contributed by atoms with van der Waals surface area (Å²) < 4.78 is 5.81. The summed E-state index contributed by atoms with van der Waals surface area (Å²) in [5.74, 6) is -0.460. The Bertz CT molecular complexity index is 686. The minimum atomic E-state index is -0.355. The lowest BCUT2D eigenvalue weighted by Gasteiger charge is -2.06. The van der Waals surface area contributed by atoms with Gasteiger partial charge in [0, 0.05) is 0 Å². The molecule has 2 rings (SSSR count). The molecule has 0 radical (unpaired) electrons. The summed E-state index contributed by atoms with van der Waals surface area (Å²) in [6, 6.07) is 5.17. The van der Waals surface area contributed by atoms with E-state index < -0.39 is 0 Å². The number of esters is 1. The fraction of sp³-hybridized carbons (Fsp3) is 0.400. The normalized spacial score (nSPS) is 12.1. The van der Waals surface area contributed by atoms with E-state index in [2.05, 4.69) is 26.2 Å². The second kappa shape index (κ2) is 7.69. The molecule has 0 aliphatic carbocycles. The van der Waals surface area contributed by atoms with E-state index >= 15 is 0 Å². The molecule has 1 aromatic heterocycles. The van der Waals surface area contributed by atoms with Gasteiger partial charge in [0.05, 0.1) is 27.2 Å². The number of halogens is 1. The molecule has 0 aliphatic rings. The highest BCUT2D eigenvalue weighted by Gasteiger charge is 2.16. The maximum Gasteiger partial charge on any atom is 0.338 e. The van der Waals surface area contributed by atoms with Crippen molar-refractivity contribution in [2.75, 3.05) is 11.9 Å². The zero-order chi connectivity index (χ0) is 16.1. The molecule has 0 fully saturated rings. The third-order valence-corrected chi connectivity index (χ3v) is 4.76. The highest BCUT2D eigenvalue weighted by atomic mass is 79.9. The molecule has 1 heterocycles. The van der Waals surface area contributed by atoms with Crippen LogP contribution in [0.5, 0.6) is 0 Å². The molecule has 0 unspecified atom stereocenters. The highest BCUT2D eigenvalue weighted by Crippen LogP contribution is 2.27. The highest BCUT2D eigenvalue weighted by molar-refractivity contribution is 9.10. The molecule has 1 N–H and O–H groups in total. The molecule has 118 valence electrons. The first-order valence-electron chi connectivity index (χ1n) is 7.07. The van der Waals surface area contributed by atoms with Crippen LogP contribution < -0.4 is 5.32 Å². The molecule has 0 aliphatic heterocycles. The summed E-state index contributed by atoms with van der Waals surface area (Å²) in [6.45, 7) is 4.13. The van der Waals surface area contributed by atoms with Crippen molar-refractivity contribution >= 4 is 54.5 Å². The first kappa shape index (κ1) is 16.9. The lowest BCUT2D eigenvalue weighted by atomic mass is 10.2. The average Bonchev–Trinajstić information content (AvgIpc) is 2.88. The second-order valence-electron chi connectivity index (χ2n) is 4.67. The van der Waals surface area contributed by atoms with Crippen molar-refractivity contribution in [3.05, 3.63) is 23.8 Å². The maximum absolute atomic E-state index is 12.0. The fourth-order valence-electron chi connectivity index (χ4n) is 1.89. The van der Waals surface area contributed by atoms with Crippen molar-refractivity contribution in [3.63, 3.8) is 0 Å². The molecule has 0 bridgehead atoms. The number of carbonyl (C=O) groups excluding carboxylic acids is 2. The standard InChI is InChI=1S/C15H17BrN2O3S/c1-3-5-10(16)13(19)18-15-17-11-7-6-9(8-12(11)22-15)14(20)21-4-2/h6-8,10H,3-5H2,1-2H3,(H,17,18,19)/t10-/m1/s1. The Morgan fingerprint density at radius 2 is 2.18 bits per heavy atom. The number of alkyl halides is 1. The number of hydrogen-bond donors (Lipinski definition) is 1. The van der Waals surface area contributed by atoms with Crippen molar-refractivity contribution in [1.82, 2.24) is 4.98 Å². The predicted octanol–water partition coefficient (Wildman–Crippen LogP) is 3.98. The van der Waals surface area contributed by atoms with Gasteiger partial charge in [0.2, 0.25) is 5.91 Å². The number of nitrogens with zero attached hydrogens (tertiary/aromatic N) is 1. The molecular formula is C15H17BrN2O3S. The predicted molar refractivity (Wildman–Crippen MR) is 91.8 cm³/mol.